The van der Waals surface area contributed by atoms with Crippen molar-refractivity contribution in [1.82, 2.24) is 0 Å². The van der Waals surface area contributed by atoms with E-state index < -0.39 is 5.97 Å². The summed E-state index contributed by atoms with van der Waals surface area (Å²) < 4.78 is 16.0. The van der Waals surface area contributed by atoms with E-state index in [0.29, 0.717) is 27.8 Å². The molecule has 5 nitrogen and oxygen atoms in total. The number of carbonyl (C=O) groups is 2. The molecule has 0 spiro atoms. The van der Waals surface area contributed by atoms with Gasteiger partial charge in [0.05, 0.1) is 19.8 Å². The number of hydrogen-bond acceptors (Lipinski definition) is 5. The number of aldehydes is 1. The SMILES string of the molecule is COC(=O)c1cc(Br)cc(-c2ccc(C=O)o2)c1OC. The Morgan fingerprint density at radius 3 is 2.60 bits per heavy atom. The first kappa shape index (κ1) is 14.3. The fourth-order valence-corrected chi connectivity index (χ4v) is 2.28. The van der Waals surface area contributed by atoms with Gasteiger partial charge < -0.3 is 13.9 Å². The van der Waals surface area contributed by atoms with Crippen LogP contribution in [0.4, 0.5) is 0 Å². The normalized spacial score (nSPS) is 10.2. The highest BCUT2D eigenvalue weighted by atomic mass is 79.9. The van der Waals surface area contributed by atoms with Gasteiger partial charge in [-0.05, 0) is 24.3 Å². The average Bonchev–Trinajstić information content (AvgIpc) is 2.94. The Labute approximate surface area is 123 Å². The van der Waals surface area contributed by atoms with Crippen molar-refractivity contribution in [2.75, 3.05) is 14.2 Å². The standard InChI is InChI=1S/C14H11BrO5/c1-18-13-10(12-4-3-9(7-16)20-12)5-8(15)6-11(13)14(17)19-2/h3-7H,1-2H3. The van der Waals surface area contributed by atoms with Crippen LogP contribution in [0.2, 0.25) is 0 Å². The predicted molar refractivity (Wildman–Crippen MR) is 75.1 cm³/mol. The van der Waals surface area contributed by atoms with E-state index >= 15 is 0 Å². The molecule has 0 bridgehead atoms. The lowest BCUT2D eigenvalue weighted by Gasteiger charge is -2.11. The van der Waals surface area contributed by atoms with E-state index in [2.05, 4.69) is 15.9 Å². The molecule has 2 rings (SSSR count). The van der Waals surface area contributed by atoms with Gasteiger partial charge in [-0.25, -0.2) is 4.79 Å². The van der Waals surface area contributed by atoms with E-state index in [1.54, 1.807) is 24.3 Å². The van der Waals surface area contributed by atoms with Gasteiger partial charge in [-0.2, -0.15) is 0 Å². The fraction of sp³-hybridized carbons (Fsp3) is 0.143. The number of esters is 1. The molecule has 1 heterocycles. The molecule has 0 unspecified atom stereocenters. The lowest BCUT2D eigenvalue weighted by atomic mass is 10.1. The Kier molecular flexibility index (Phi) is 4.24. The van der Waals surface area contributed by atoms with Crippen LogP contribution in [0.15, 0.2) is 33.2 Å². The molecule has 0 aliphatic carbocycles. The Bertz CT molecular complexity index is 660. The zero-order valence-electron chi connectivity index (χ0n) is 10.8. The molecule has 0 atom stereocenters. The summed E-state index contributed by atoms with van der Waals surface area (Å²) >= 11 is 3.32. The number of hydrogen-bond donors (Lipinski definition) is 0. The summed E-state index contributed by atoms with van der Waals surface area (Å²) in [6.45, 7) is 0. The van der Waals surface area contributed by atoms with Crippen LogP contribution in [0, 0.1) is 0 Å². The number of rotatable bonds is 4. The van der Waals surface area contributed by atoms with Crippen molar-refractivity contribution in [3.05, 3.63) is 40.1 Å². The fourth-order valence-electron chi connectivity index (χ4n) is 1.82. The lowest BCUT2D eigenvalue weighted by Crippen LogP contribution is -2.05. The molecule has 6 heteroatoms. The summed E-state index contributed by atoms with van der Waals surface area (Å²) in [4.78, 5) is 22.5. The summed E-state index contributed by atoms with van der Waals surface area (Å²) in [5, 5.41) is 0. The molecule has 0 N–H and O–H groups in total. The van der Waals surface area contributed by atoms with Crippen LogP contribution in [0.5, 0.6) is 5.75 Å². The topological polar surface area (TPSA) is 65.7 Å². The molecular formula is C14H11BrO5. The van der Waals surface area contributed by atoms with Gasteiger partial charge in [-0.15, -0.1) is 0 Å². The molecule has 2 aromatic rings. The minimum Gasteiger partial charge on any atom is -0.495 e. The predicted octanol–water partition coefficient (Wildman–Crippen LogP) is 3.32. The minimum atomic E-state index is -0.522. The summed E-state index contributed by atoms with van der Waals surface area (Å²) in [6, 6.07) is 6.51. The molecule has 0 aliphatic rings. The maximum Gasteiger partial charge on any atom is 0.341 e. The number of methoxy groups -OCH3 is 2. The molecule has 0 aliphatic heterocycles. The van der Waals surface area contributed by atoms with E-state index in [4.69, 9.17) is 13.9 Å². The zero-order chi connectivity index (χ0) is 14.7. The molecule has 20 heavy (non-hydrogen) atoms. The highest BCUT2D eigenvalue weighted by Gasteiger charge is 2.20. The van der Waals surface area contributed by atoms with E-state index in [0.717, 1.165) is 0 Å². The van der Waals surface area contributed by atoms with Gasteiger partial charge in [0.1, 0.15) is 17.1 Å². The van der Waals surface area contributed by atoms with Gasteiger partial charge in [0, 0.05) is 4.47 Å². The number of ether oxygens (including phenoxy) is 2. The molecule has 1 aromatic carbocycles. The Balaban J connectivity index is 2.65. The Morgan fingerprint density at radius 1 is 1.30 bits per heavy atom. The molecule has 0 amide bonds. The monoisotopic (exact) mass is 338 g/mol. The van der Waals surface area contributed by atoms with Gasteiger partial charge in [0.2, 0.25) is 0 Å². The lowest BCUT2D eigenvalue weighted by molar-refractivity contribution is 0.0597. The molecule has 104 valence electrons. The third kappa shape index (κ3) is 2.60. The minimum absolute atomic E-state index is 0.196. The second kappa shape index (κ2) is 5.92. The molecule has 1 aromatic heterocycles. The van der Waals surface area contributed by atoms with E-state index in [-0.39, 0.29) is 11.3 Å². The van der Waals surface area contributed by atoms with Crippen LogP contribution in [0.1, 0.15) is 20.9 Å². The summed E-state index contributed by atoms with van der Waals surface area (Å²) in [7, 11) is 2.74. The van der Waals surface area contributed by atoms with Gasteiger partial charge >= 0.3 is 5.97 Å². The smallest absolute Gasteiger partial charge is 0.341 e. The van der Waals surface area contributed by atoms with Gasteiger partial charge in [0.15, 0.2) is 12.0 Å². The molecule has 0 fully saturated rings. The summed E-state index contributed by atoms with van der Waals surface area (Å²) in [5.74, 6) is 0.426. The van der Waals surface area contributed by atoms with Crippen LogP contribution in [0.3, 0.4) is 0 Å². The van der Waals surface area contributed by atoms with Gasteiger partial charge in [-0.3, -0.25) is 4.79 Å². The van der Waals surface area contributed by atoms with Gasteiger partial charge in [-0.1, -0.05) is 15.9 Å². The first-order valence-electron chi connectivity index (χ1n) is 5.62. The van der Waals surface area contributed by atoms with E-state index in [1.807, 2.05) is 0 Å². The maximum atomic E-state index is 11.8. The number of carbonyl (C=O) groups excluding carboxylic acids is 2. The first-order valence-corrected chi connectivity index (χ1v) is 6.41. The zero-order valence-corrected chi connectivity index (χ0v) is 12.4. The second-order valence-corrected chi connectivity index (χ2v) is 4.76. The third-order valence-electron chi connectivity index (χ3n) is 2.67. The average molecular weight is 339 g/mol. The highest BCUT2D eigenvalue weighted by molar-refractivity contribution is 9.10. The molecule has 0 radical (unpaired) electrons. The van der Waals surface area contributed by atoms with E-state index in [9.17, 15) is 9.59 Å². The van der Waals surface area contributed by atoms with Crippen LogP contribution in [-0.2, 0) is 4.74 Å². The van der Waals surface area contributed by atoms with Crippen molar-refractivity contribution in [3.63, 3.8) is 0 Å². The van der Waals surface area contributed by atoms with Crippen molar-refractivity contribution >= 4 is 28.2 Å². The van der Waals surface area contributed by atoms with Crippen molar-refractivity contribution in [2.45, 2.75) is 0 Å². The Morgan fingerprint density at radius 2 is 2.05 bits per heavy atom. The molecular weight excluding hydrogens is 328 g/mol. The first-order chi connectivity index (χ1) is 9.60. The van der Waals surface area contributed by atoms with Crippen LogP contribution < -0.4 is 4.74 Å². The summed E-state index contributed by atoms with van der Waals surface area (Å²) in [5.41, 5.74) is 0.818. The number of halogens is 1. The number of benzene rings is 1. The quantitative estimate of drug-likeness (QED) is 0.632. The third-order valence-corrected chi connectivity index (χ3v) is 3.13. The van der Waals surface area contributed by atoms with Crippen LogP contribution in [0.25, 0.3) is 11.3 Å². The second-order valence-electron chi connectivity index (χ2n) is 3.85. The molecule has 0 saturated heterocycles. The highest BCUT2D eigenvalue weighted by Crippen LogP contribution is 2.37. The Hall–Kier alpha value is -2.08. The van der Waals surface area contributed by atoms with Crippen molar-refractivity contribution in [2.24, 2.45) is 0 Å². The van der Waals surface area contributed by atoms with Crippen molar-refractivity contribution in [3.8, 4) is 17.1 Å². The maximum absolute atomic E-state index is 11.8. The largest absolute Gasteiger partial charge is 0.495 e. The van der Waals surface area contributed by atoms with E-state index in [1.165, 1.54) is 14.2 Å². The number of furan rings is 1. The van der Waals surface area contributed by atoms with Crippen LogP contribution >= 0.6 is 15.9 Å². The summed E-state index contributed by atoms with van der Waals surface area (Å²) in [6.07, 6.45) is 0.606. The van der Waals surface area contributed by atoms with Crippen molar-refractivity contribution in [1.29, 1.82) is 0 Å². The van der Waals surface area contributed by atoms with Crippen LogP contribution in [-0.4, -0.2) is 26.5 Å². The molecule has 0 saturated carbocycles. The van der Waals surface area contributed by atoms with Gasteiger partial charge in [0.25, 0.3) is 0 Å². The van der Waals surface area contributed by atoms with Crippen molar-refractivity contribution < 1.29 is 23.5 Å².